The van der Waals surface area contributed by atoms with Crippen LogP contribution in [0, 0.1) is 0 Å². The van der Waals surface area contributed by atoms with Gasteiger partial charge in [-0.15, -0.1) is 11.3 Å². The fraction of sp³-hybridized carbons (Fsp3) is 0.125. The number of carbonyl (C=O) groups is 1. The van der Waals surface area contributed by atoms with E-state index in [-0.39, 0.29) is 11.7 Å². The van der Waals surface area contributed by atoms with Crippen molar-refractivity contribution in [3.63, 3.8) is 0 Å². The molecule has 0 atom stereocenters. The number of nitrogens with one attached hydrogen (secondary N) is 1. The molecule has 4 nitrogen and oxygen atoms in total. The van der Waals surface area contributed by atoms with E-state index in [0.29, 0.717) is 22.7 Å². The number of thiazole rings is 1. The maximum Gasteiger partial charge on any atom is 0.287 e. The van der Waals surface area contributed by atoms with Crippen molar-refractivity contribution in [2.45, 2.75) is 6.42 Å². The Labute approximate surface area is 150 Å². The molecule has 0 unspecified atom stereocenters. The molecular weight excluding hydrogens is 400 g/mol. The number of aromatic nitrogens is 1. The molecule has 3 rings (SSSR count). The molecule has 1 amide bonds. The summed E-state index contributed by atoms with van der Waals surface area (Å²) in [6.45, 7) is 0.501. The molecule has 3 aromatic rings. The van der Waals surface area contributed by atoms with E-state index in [2.05, 4.69) is 26.2 Å². The van der Waals surface area contributed by atoms with Gasteiger partial charge in [0.25, 0.3) is 5.91 Å². The minimum atomic E-state index is -0.233. The average molecular weight is 412 g/mol. The standard InChI is InChI=1S/C16H12BrClN2O2S/c17-14-6-5-13(22-14)15(21)19-8-7-12-9-23-16(20-12)10-1-3-11(18)4-2-10/h1-6,9H,7-8H2,(H,19,21). The van der Waals surface area contributed by atoms with Gasteiger partial charge in [0.15, 0.2) is 10.4 Å². The van der Waals surface area contributed by atoms with Crippen LogP contribution in [0.1, 0.15) is 16.2 Å². The maximum absolute atomic E-state index is 11.9. The Morgan fingerprint density at radius 1 is 1.26 bits per heavy atom. The summed E-state index contributed by atoms with van der Waals surface area (Å²) < 4.78 is 5.74. The molecule has 118 valence electrons. The molecule has 1 N–H and O–H groups in total. The Kier molecular flexibility index (Phi) is 5.15. The molecule has 0 spiro atoms. The second-order valence-corrected chi connectivity index (χ2v) is 6.84. The predicted molar refractivity (Wildman–Crippen MR) is 95.0 cm³/mol. The van der Waals surface area contributed by atoms with E-state index in [1.165, 1.54) is 0 Å². The van der Waals surface area contributed by atoms with E-state index in [1.807, 2.05) is 29.6 Å². The zero-order valence-corrected chi connectivity index (χ0v) is 15.0. The lowest BCUT2D eigenvalue weighted by Crippen LogP contribution is -2.25. The molecule has 1 aromatic carbocycles. The van der Waals surface area contributed by atoms with Crippen LogP contribution in [0.2, 0.25) is 5.02 Å². The maximum atomic E-state index is 11.9. The first kappa shape index (κ1) is 16.2. The van der Waals surface area contributed by atoms with E-state index >= 15 is 0 Å². The van der Waals surface area contributed by atoms with Crippen molar-refractivity contribution < 1.29 is 9.21 Å². The summed E-state index contributed by atoms with van der Waals surface area (Å²) >= 11 is 10.6. The van der Waals surface area contributed by atoms with Crippen LogP contribution in [0.4, 0.5) is 0 Å². The number of carbonyl (C=O) groups excluding carboxylic acids is 1. The van der Waals surface area contributed by atoms with Crippen molar-refractivity contribution in [2.75, 3.05) is 6.54 Å². The zero-order valence-electron chi connectivity index (χ0n) is 11.9. The summed E-state index contributed by atoms with van der Waals surface area (Å²) in [6, 6.07) is 10.9. The lowest BCUT2D eigenvalue weighted by atomic mass is 10.2. The van der Waals surface area contributed by atoms with Crippen LogP contribution in [-0.4, -0.2) is 17.4 Å². The van der Waals surface area contributed by atoms with Gasteiger partial charge in [-0.3, -0.25) is 4.79 Å². The SMILES string of the molecule is O=C(NCCc1csc(-c2ccc(Cl)cc2)n1)c1ccc(Br)o1. The highest BCUT2D eigenvalue weighted by Gasteiger charge is 2.10. The highest BCUT2D eigenvalue weighted by Crippen LogP contribution is 2.25. The quantitative estimate of drug-likeness (QED) is 0.656. The predicted octanol–water partition coefficient (Wildman–Crippen LogP) is 4.79. The molecule has 0 aliphatic heterocycles. The van der Waals surface area contributed by atoms with Crippen LogP contribution in [-0.2, 0) is 6.42 Å². The third-order valence-electron chi connectivity index (χ3n) is 3.11. The number of amides is 1. The lowest BCUT2D eigenvalue weighted by Gasteiger charge is -2.01. The van der Waals surface area contributed by atoms with E-state index < -0.39 is 0 Å². The van der Waals surface area contributed by atoms with Gasteiger partial charge in [-0.25, -0.2) is 4.98 Å². The van der Waals surface area contributed by atoms with Crippen molar-refractivity contribution in [2.24, 2.45) is 0 Å². The first-order chi connectivity index (χ1) is 11.1. The molecule has 0 aliphatic rings. The largest absolute Gasteiger partial charge is 0.444 e. The molecule has 7 heteroatoms. The van der Waals surface area contributed by atoms with Crippen LogP contribution in [0.15, 0.2) is 50.9 Å². The number of hydrogen-bond acceptors (Lipinski definition) is 4. The highest BCUT2D eigenvalue weighted by molar-refractivity contribution is 9.10. The van der Waals surface area contributed by atoms with Crippen molar-refractivity contribution >= 4 is 44.8 Å². The van der Waals surface area contributed by atoms with Crippen LogP contribution in [0.5, 0.6) is 0 Å². The fourth-order valence-corrected chi connectivity index (χ4v) is 3.27. The lowest BCUT2D eigenvalue weighted by molar-refractivity contribution is 0.0925. The number of rotatable bonds is 5. The summed E-state index contributed by atoms with van der Waals surface area (Å²) in [7, 11) is 0. The van der Waals surface area contributed by atoms with Gasteiger partial charge in [-0.05, 0) is 40.2 Å². The molecule has 0 bridgehead atoms. The molecule has 0 radical (unpaired) electrons. The molecule has 23 heavy (non-hydrogen) atoms. The molecule has 2 aromatic heterocycles. The summed E-state index contributed by atoms with van der Waals surface area (Å²) in [4.78, 5) is 16.4. The minimum Gasteiger partial charge on any atom is -0.444 e. The van der Waals surface area contributed by atoms with Gasteiger partial charge in [-0.2, -0.15) is 0 Å². The van der Waals surface area contributed by atoms with Crippen molar-refractivity contribution in [1.29, 1.82) is 0 Å². The van der Waals surface area contributed by atoms with E-state index in [9.17, 15) is 4.79 Å². The fourth-order valence-electron chi connectivity index (χ4n) is 1.97. The second kappa shape index (κ2) is 7.29. The highest BCUT2D eigenvalue weighted by atomic mass is 79.9. The van der Waals surface area contributed by atoms with Crippen molar-refractivity contribution in [3.05, 3.63) is 62.9 Å². The van der Waals surface area contributed by atoms with Crippen molar-refractivity contribution in [1.82, 2.24) is 10.3 Å². The van der Waals surface area contributed by atoms with Gasteiger partial charge >= 0.3 is 0 Å². The van der Waals surface area contributed by atoms with Gasteiger partial charge in [-0.1, -0.05) is 23.7 Å². The van der Waals surface area contributed by atoms with Crippen molar-refractivity contribution in [3.8, 4) is 10.6 Å². The third kappa shape index (κ3) is 4.22. The number of halogens is 2. The first-order valence-corrected chi connectivity index (χ1v) is 8.91. The van der Waals surface area contributed by atoms with Gasteiger partial charge in [0, 0.05) is 28.9 Å². The zero-order chi connectivity index (χ0) is 16.2. The Balaban J connectivity index is 1.55. The second-order valence-electron chi connectivity index (χ2n) is 4.76. The summed E-state index contributed by atoms with van der Waals surface area (Å²) in [5.41, 5.74) is 1.98. The summed E-state index contributed by atoms with van der Waals surface area (Å²) in [5, 5.41) is 6.46. The van der Waals surface area contributed by atoms with Crippen LogP contribution in [0.3, 0.4) is 0 Å². The number of nitrogens with zero attached hydrogens (tertiary/aromatic N) is 1. The normalized spacial score (nSPS) is 10.7. The Morgan fingerprint density at radius 2 is 2.04 bits per heavy atom. The average Bonchev–Trinajstić information content (AvgIpc) is 3.17. The molecule has 2 heterocycles. The van der Waals surface area contributed by atoms with E-state index in [1.54, 1.807) is 23.5 Å². The topological polar surface area (TPSA) is 55.1 Å². The Hall–Kier alpha value is -1.63. The Morgan fingerprint density at radius 3 is 2.74 bits per heavy atom. The van der Waals surface area contributed by atoms with Crippen LogP contribution < -0.4 is 5.32 Å². The van der Waals surface area contributed by atoms with Gasteiger partial charge in [0.05, 0.1) is 5.69 Å². The molecule has 0 saturated heterocycles. The van der Waals surface area contributed by atoms with E-state index in [0.717, 1.165) is 16.3 Å². The summed E-state index contributed by atoms with van der Waals surface area (Å²) in [6.07, 6.45) is 0.664. The smallest absolute Gasteiger partial charge is 0.287 e. The van der Waals surface area contributed by atoms with Crippen LogP contribution in [0.25, 0.3) is 10.6 Å². The van der Waals surface area contributed by atoms with Crippen LogP contribution >= 0.6 is 38.9 Å². The monoisotopic (exact) mass is 410 g/mol. The minimum absolute atomic E-state index is 0.233. The number of benzene rings is 1. The molecule has 0 saturated carbocycles. The number of hydrogen-bond donors (Lipinski definition) is 1. The molecule has 0 fully saturated rings. The summed E-state index contributed by atoms with van der Waals surface area (Å²) in [5.74, 6) is 0.0564. The third-order valence-corrected chi connectivity index (χ3v) is 4.72. The van der Waals surface area contributed by atoms with E-state index in [4.69, 9.17) is 16.0 Å². The first-order valence-electron chi connectivity index (χ1n) is 6.86. The number of furan rings is 1. The molecular formula is C16H12BrClN2O2S. The molecule has 0 aliphatic carbocycles. The van der Waals surface area contributed by atoms with Gasteiger partial charge in [0.1, 0.15) is 5.01 Å². The van der Waals surface area contributed by atoms with Gasteiger partial charge in [0.2, 0.25) is 0 Å². The van der Waals surface area contributed by atoms with Gasteiger partial charge < -0.3 is 9.73 Å². The Bertz CT molecular complexity index is 814.